The SMILES string of the molecule is NNc1ccc([N+](=O)[O-])c(N2CCN(C3CC3)CC2)n1. The first kappa shape index (κ1) is 13.1. The highest BCUT2D eigenvalue weighted by atomic mass is 16.6. The molecule has 0 aromatic carbocycles. The minimum atomic E-state index is -0.393. The zero-order valence-electron chi connectivity index (χ0n) is 11.2. The van der Waals surface area contributed by atoms with Crippen LogP contribution in [0.25, 0.3) is 0 Å². The Labute approximate surface area is 116 Å². The molecule has 1 saturated heterocycles. The van der Waals surface area contributed by atoms with Crippen molar-refractivity contribution in [2.75, 3.05) is 36.5 Å². The van der Waals surface area contributed by atoms with Gasteiger partial charge in [-0.15, -0.1) is 0 Å². The van der Waals surface area contributed by atoms with E-state index in [1.54, 1.807) is 0 Å². The number of nitrogens with zero attached hydrogens (tertiary/aromatic N) is 4. The molecule has 2 heterocycles. The molecule has 2 aliphatic rings. The monoisotopic (exact) mass is 278 g/mol. The molecular formula is C12H18N6O2. The van der Waals surface area contributed by atoms with Crippen LogP contribution in [-0.4, -0.2) is 47.0 Å². The lowest BCUT2D eigenvalue weighted by Gasteiger charge is -2.35. The Kier molecular flexibility index (Phi) is 3.41. The molecule has 8 heteroatoms. The number of pyridine rings is 1. The fourth-order valence-electron chi connectivity index (χ4n) is 2.64. The first-order valence-corrected chi connectivity index (χ1v) is 6.80. The third-order valence-corrected chi connectivity index (χ3v) is 3.88. The zero-order valence-corrected chi connectivity index (χ0v) is 11.2. The van der Waals surface area contributed by atoms with E-state index in [0.29, 0.717) is 11.6 Å². The highest BCUT2D eigenvalue weighted by Gasteiger charge is 2.33. The number of rotatable bonds is 4. The van der Waals surface area contributed by atoms with Crippen LogP contribution in [0.2, 0.25) is 0 Å². The Bertz CT molecular complexity index is 511. The summed E-state index contributed by atoms with van der Waals surface area (Å²) in [5.41, 5.74) is 2.47. The molecule has 1 aliphatic heterocycles. The predicted molar refractivity (Wildman–Crippen MR) is 75.5 cm³/mol. The standard InChI is InChI=1S/C12H18N6O2/c13-15-11-4-3-10(18(19)20)12(14-11)17-7-5-16(6-8-17)9-1-2-9/h3-4,9H,1-2,5-8,13H2,(H,14,15). The molecule has 0 radical (unpaired) electrons. The molecule has 0 spiro atoms. The number of hydrazine groups is 1. The predicted octanol–water partition coefficient (Wildman–Crippen LogP) is 0.560. The summed E-state index contributed by atoms with van der Waals surface area (Å²) >= 11 is 0. The van der Waals surface area contributed by atoms with Crippen LogP contribution in [0.15, 0.2) is 12.1 Å². The number of nitro groups is 1. The van der Waals surface area contributed by atoms with Gasteiger partial charge in [-0.1, -0.05) is 0 Å². The van der Waals surface area contributed by atoms with Crippen molar-refractivity contribution in [1.82, 2.24) is 9.88 Å². The van der Waals surface area contributed by atoms with Gasteiger partial charge in [0.15, 0.2) is 0 Å². The first-order chi connectivity index (χ1) is 9.69. The molecule has 0 unspecified atom stereocenters. The minimum absolute atomic E-state index is 0.0314. The van der Waals surface area contributed by atoms with Gasteiger partial charge >= 0.3 is 5.69 Å². The summed E-state index contributed by atoms with van der Waals surface area (Å²) in [5, 5.41) is 11.1. The van der Waals surface area contributed by atoms with Gasteiger partial charge in [0.25, 0.3) is 0 Å². The van der Waals surface area contributed by atoms with E-state index in [-0.39, 0.29) is 5.69 Å². The van der Waals surface area contributed by atoms with E-state index in [1.807, 2.05) is 4.90 Å². The highest BCUT2D eigenvalue weighted by Crippen LogP contribution is 2.31. The topological polar surface area (TPSA) is 101 Å². The maximum Gasteiger partial charge on any atom is 0.311 e. The molecule has 2 fully saturated rings. The Morgan fingerprint density at radius 1 is 1.30 bits per heavy atom. The largest absolute Gasteiger partial charge is 0.348 e. The third-order valence-electron chi connectivity index (χ3n) is 3.88. The zero-order chi connectivity index (χ0) is 14.1. The number of hydrogen-bond donors (Lipinski definition) is 2. The van der Waals surface area contributed by atoms with Gasteiger partial charge in [-0.05, 0) is 18.9 Å². The Balaban J connectivity index is 1.79. The number of piperazine rings is 1. The van der Waals surface area contributed by atoms with E-state index in [1.165, 1.54) is 25.0 Å². The second-order valence-electron chi connectivity index (χ2n) is 5.19. The number of nitrogens with one attached hydrogen (secondary N) is 1. The van der Waals surface area contributed by atoms with Crippen LogP contribution < -0.4 is 16.2 Å². The van der Waals surface area contributed by atoms with Crippen molar-refractivity contribution in [1.29, 1.82) is 0 Å². The van der Waals surface area contributed by atoms with Gasteiger partial charge in [0.05, 0.1) is 4.92 Å². The van der Waals surface area contributed by atoms with Crippen LogP contribution in [0.1, 0.15) is 12.8 Å². The van der Waals surface area contributed by atoms with E-state index in [0.717, 1.165) is 32.2 Å². The average Bonchev–Trinajstić information content (AvgIpc) is 3.31. The van der Waals surface area contributed by atoms with Gasteiger partial charge in [0.1, 0.15) is 5.82 Å². The molecule has 108 valence electrons. The smallest absolute Gasteiger partial charge is 0.311 e. The molecule has 0 amide bonds. The van der Waals surface area contributed by atoms with Gasteiger partial charge in [0, 0.05) is 38.3 Å². The number of anilines is 2. The highest BCUT2D eigenvalue weighted by molar-refractivity contribution is 5.61. The van der Waals surface area contributed by atoms with Crippen LogP contribution >= 0.6 is 0 Å². The van der Waals surface area contributed by atoms with Gasteiger partial charge < -0.3 is 10.3 Å². The van der Waals surface area contributed by atoms with Crippen LogP contribution in [0.3, 0.4) is 0 Å². The normalized spacial score (nSPS) is 19.9. The maximum absolute atomic E-state index is 11.1. The van der Waals surface area contributed by atoms with Crippen LogP contribution in [-0.2, 0) is 0 Å². The Morgan fingerprint density at radius 3 is 2.55 bits per heavy atom. The summed E-state index contributed by atoms with van der Waals surface area (Å²) < 4.78 is 0. The summed E-state index contributed by atoms with van der Waals surface area (Å²) in [6, 6.07) is 3.70. The van der Waals surface area contributed by atoms with E-state index in [2.05, 4.69) is 15.3 Å². The van der Waals surface area contributed by atoms with E-state index >= 15 is 0 Å². The van der Waals surface area contributed by atoms with Crippen molar-refractivity contribution < 1.29 is 4.92 Å². The van der Waals surface area contributed by atoms with E-state index in [4.69, 9.17) is 5.84 Å². The lowest BCUT2D eigenvalue weighted by molar-refractivity contribution is -0.384. The summed E-state index contributed by atoms with van der Waals surface area (Å²) in [4.78, 5) is 19.4. The molecule has 1 aromatic heterocycles. The fourth-order valence-corrected chi connectivity index (χ4v) is 2.64. The Hall–Kier alpha value is -1.93. The Morgan fingerprint density at radius 2 is 2.00 bits per heavy atom. The lowest BCUT2D eigenvalue weighted by Crippen LogP contribution is -2.47. The fraction of sp³-hybridized carbons (Fsp3) is 0.583. The number of hydrogen-bond acceptors (Lipinski definition) is 7. The second kappa shape index (κ2) is 5.22. The molecule has 1 saturated carbocycles. The quantitative estimate of drug-likeness (QED) is 0.471. The maximum atomic E-state index is 11.1. The molecular weight excluding hydrogens is 260 g/mol. The van der Waals surface area contributed by atoms with Gasteiger partial charge in [-0.2, -0.15) is 0 Å². The van der Waals surface area contributed by atoms with Crippen molar-refractivity contribution in [2.24, 2.45) is 5.84 Å². The van der Waals surface area contributed by atoms with Gasteiger partial charge in [0.2, 0.25) is 5.82 Å². The van der Waals surface area contributed by atoms with Crippen LogP contribution in [0, 0.1) is 10.1 Å². The molecule has 3 N–H and O–H groups in total. The molecule has 0 atom stereocenters. The van der Waals surface area contributed by atoms with Crippen molar-refractivity contribution >= 4 is 17.3 Å². The van der Waals surface area contributed by atoms with Crippen molar-refractivity contribution in [3.05, 3.63) is 22.2 Å². The molecule has 1 aromatic rings. The van der Waals surface area contributed by atoms with E-state index < -0.39 is 4.92 Å². The van der Waals surface area contributed by atoms with Crippen molar-refractivity contribution in [2.45, 2.75) is 18.9 Å². The van der Waals surface area contributed by atoms with E-state index in [9.17, 15) is 10.1 Å². The number of aromatic nitrogens is 1. The van der Waals surface area contributed by atoms with Gasteiger partial charge in [-0.3, -0.25) is 15.0 Å². The lowest BCUT2D eigenvalue weighted by atomic mass is 10.2. The summed E-state index contributed by atoms with van der Waals surface area (Å²) in [6.07, 6.45) is 2.57. The third kappa shape index (κ3) is 2.52. The number of nitrogens with two attached hydrogens (primary N) is 1. The molecule has 0 bridgehead atoms. The average molecular weight is 278 g/mol. The van der Waals surface area contributed by atoms with Gasteiger partial charge in [-0.25, -0.2) is 10.8 Å². The number of nitrogen functional groups attached to an aromatic ring is 1. The second-order valence-corrected chi connectivity index (χ2v) is 5.19. The molecule has 8 nitrogen and oxygen atoms in total. The minimum Gasteiger partial charge on any atom is -0.348 e. The molecule has 3 rings (SSSR count). The van der Waals surface area contributed by atoms with Crippen LogP contribution in [0.5, 0.6) is 0 Å². The first-order valence-electron chi connectivity index (χ1n) is 6.80. The summed E-state index contributed by atoms with van der Waals surface area (Å²) in [7, 11) is 0. The van der Waals surface area contributed by atoms with Crippen molar-refractivity contribution in [3.63, 3.8) is 0 Å². The van der Waals surface area contributed by atoms with Crippen LogP contribution in [0.4, 0.5) is 17.3 Å². The summed E-state index contributed by atoms with van der Waals surface area (Å²) in [5.74, 6) is 6.18. The molecule has 1 aliphatic carbocycles. The molecule has 20 heavy (non-hydrogen) atoms. The summed E-state index contributed by atoms with van der Waals surface area (Å²) in [6.45, 7) is 3.39. The van der Waals surface area contributed by atoms with Crippen molar-refractivity contribution in [3.8, 4) is 0 Å².